The quantitative estimate of drug-likeness (QED) is 0.682. The molecule has 114 valence electrons. The van der Waals surface area contributed by atoms with Gasteiger partial charge in [-0.05, 0) is 37.3 Å². The van der Waals surface area contributed by atoms with Crippen LogP contribution >= 0.6 is 0 Å². The zero-order chi connectivity index (χ0) is 15.1. The first kappa shape index (κ1) is 15.3. The highest BCUT2D eigenvalue weighted by Crippen LogP contribution is 2.17. The Kier molecular flexibility index (Phi) is 5.59. The lowest BCUT2D eigenvalue weighted by Gasteiger charge is -2.11. The average Bonchev–Trinajstić information content (AvgIpc) is 2.99. The summed E-state index contributed by atoms with van der Waals surface area (Å²) in [4.78, 5) is 0. The Hall–Kier alpha value is -2.05. The highest BCUT2D eigenvalue weighted by Gasteiger charge is 2.03. The van der Waals surface area contributed by atoms with Gasteiger partial charge in [0.15, 0.2) is 0 Å². The molecule has 0 saturated carbocycles. The summed E-state index contributed by atoms with van der Waals surface area (Å²) in [6, 6.07) is 9.41. The summed E-state index contributed by atoms with van der Waals surface area (Å²) >= 11 is 0. The van der Waals surface area contributed by atoms with Crippen LogP contribution in [0.4, 0.5) is 5.69 Å². The first-order valence-electron chi connectivity index (χ1n) is 6.99. The van der Waals surface area contributed by atoms with E-state index < -0.39 is 6.10 Å². The maximum Gasteiger partial charge on any atom is 0.130 e. The summed E-state index contributed by atoms with van der Waals surface area (Å²) < 4.78 is 7.61. The van der Waals surface area contributed by atoms with Crippen molar-refractivity contribution in [3.05, 3.63) is 42.2 Å². The van der Waals surface area contributed by atoms with E-state index in [1.54, 1.807) is 6.20 Å². The molecule has 6 nitrogen and oxygen atoms in total. The van der Waals surface area contributed by atoms with E-state index in [-0.39, 0.29) is 6.61 Å². The molecule has 0 bridgehead atoms. The summed E-state index contributed by atoms with van der Waals surface area (Å²) in [6.45, 7) is 3.40. The van der Waals surface area contributed by atoms with Gasteiger partial charge in [-0.1, -0.05) is 0 Å². The molecule has 1 unspecified atom stereocenters. The van der Waals surface area contributed by atoms with E-state index in [4.69, 9.17) is 9.84 Å². The molecule has 0 spiro atoms. The first-order chi connectivity index (χ1) is 10.2. The summed E-state index contributed by atoms with van der Waals surface area (Å²) in [5.74, 6) is 0.770. The number of aryl methyl sites for hydroxylation is 1. The van der Waals surface area contributed by atoms with Crippen LogP contribution in [0.3, 0.4) is 0 Å². The number of nitrogens with one attached hydrogen (secondary N) is 1. The molecule has 0 aliphatic heterocycles. The summed E-state index contributed by atoms with van der Waals surface area (Å²) in [6.07, 6.45) is 1.01. The largest absolute Gasteiger partial charge is 0.487 e. The maximum atomic E-state index is 9.27. The van der Waals surface area contributed by atoms with Crippen LogP contribution in [0.5, 0.6) is 5.75 Å². The third-order valence-electron chi connectivity index (χ3n) is 3.10. The van der Waals surface area contributed by atoms with Gasteiger partial charge in [0.05, 0.1) is 18.4 Å². The third kappa shape index (κ3) is 4.47. The lowest BCUT2D eigenvalue weighted by Crippen LogP contribution is -2.22. The number of rotatable bonds is 8. The molecule has 1 heterocycles. The van der Waals surface area contributed by atoms with Crippen molar-refractivity contribution in [1.82, 2.24) is 9.78 Å². The monoisotopic (exact) mass is 291 g/mol. The molecule has 0 amide bonds. The van der Waals surface area contributed by atoms with Crippen molar-refractivity contribution in [2.24, 2.45) is 0 Å². The van der Waals surface area contributed by atoms with Crippen LogP contribution in [-0.4, -0.2) is 39.2 Å². The Morgan fingerprint density at radius 3 is 2.71 bits per heavy atom. The van der Waals surface area contributed by atoms with Crippen molar-refractivity contribution in [1.29, 1.82) is 0 Å². The fraction of sp³-hybridized carbons (Fsp3) is 0.400. The molecule has 2 rings (SSSR count). The molecule has 3 N–H and O–H groups in total. The molecule has 0 aliphatic carbocycles. The number of anilines is 1. The Morgan fingerprint density at radius 2 is 2.05 bits per heavy atom. The van der Waals surface area contributed by atoms with Crippen molar-refractivity contribution in [2.75, 3.05) is 18.5 Å². The first-order valence-corrected chi connectivity index (χ1v) is 6.99. The minimum Gasteiger partial charge on any atom is -0.487 e. The maximum absolute atomic E-state index is 9.27. The molecule has 21 heavy (non-hydrogen) atoms. The van der Waals surface area contributed by atoms with Gasteiger partial charge in [0.25, 0.3) is 0 Å². The van der Waals surface area contributed by atoms with Gasteiger partial charge in [-0.15, -0.1) is 0 Å². The normalized spacial score (nSPS) is 12.1. The van der Waals surface area contributed by atoms with Crippen LogP contribution in [0.2, 0.25) is 0 Å². The molecule has 6 heteroatoms. The van der Waals surface area contributed by atoms with Gasteiger partial charge < -0.3 is 20.3 Å². The molecule has 1 aromatic carbocycles. The Bertz CT molecular complexity index is 539. The van der Waals surface area contributed by atoms with Gasteiger partial charge in [0.1, 0.15) is 12.4 Å². The molecular formula is C15H21N3O3. The molecule has 0 radical (unpaired) electrons. The minimum absolute atomic E-state index is 0.251. The van der Waals surface area contributed by atoms with E-state index in [2.05, 4.69) is 10.4 Å². The predicted octanol–water partition coefficient (Wildman–Crippen LogP) is 1.25. The molecule has 1 atom stereocenters. The van der Waals surface area contributed by atoms with Gasteiger partial charge in [-0.25, -0.2) is 0 Å². The number of nitrogens with zero attached hydrogens (tertiary/aromatic N) is 2. The standard InChI is InChI=1S/C15H21N3O3/c1-2-18-13(7-8-17-18)11-21-15-5-3-12(4-6-15)16-9-14(20)10-19/h3-8,14,16,19-20H,2,9-11H2,1H3. The van der Waals surface area contributed by atoms with Gasteiger partial charge in [0.2, 0.25) is 0 Å². The number of hydrogen-bond acceptors (Lipinski definition) is 5. The summed E-state index contributed by atoms with van der Waals surface area (Å²) in [5.41, 5.74) is 1.90. The van der Waals surface area contributed by atoms with Gasteiger partial charge in [-0.2, -0.15) is 5.10 Å². The van der Waals surface area contributed by atoms with Crippen LogP contribution < -0.4 is 10.1 Å². The average molecular weight is 291 g/mol. The lowest BCUT2D eigenvalue weighted by molar-refractivity contribution is 0.105. The summed E-state index contributed by atoms with van der Waals surface area (Å²) in [7, 11) is 0. The van der Waals surface area contributed by atoms with Crippen molar-refractivity contribution in [2.45, 2.75) is 26.2 Å². The second-order valence-electron chi connectivity index (χ2n) is 4.67. The number of aliphatic hydroxyl groups is 2. The van der Waals surface area contributed by atoms with E-state index in [9.17, 15) is 5.11 Å². The molecule has 0 aliphatic rings. The number of benzene rings is 1. The van der Waals surface area contributed by atoms with Crippen LogP contribution in [0.25, 0.3) is 0 Å². The van der Waals surface area contributed by atoms with E-state index >= 15 is 0 Å². The van der Waals surface area contributed by atoms with E-state index in [1.807, 2.05) is 41.9 Å². The van der Waals surface area contributed by atoms with Crippen molar-refractivity contribution >= 4 is 5.69 Å². The number of aromatic nitrogens is 2. The molecule has 0 saturated heterocycles. The third-order valence-corrected chi connectivity index (χ3v) is 3.10. The molecule has 2 aromatic rings. The fourth-order valence-electron chi connectivity index (χ4n) is 1.89. The SMILES string of the molecule is CCn1nccc1COc1ccc(NCC(O)CO)cc1. The molecular weight excluding hydrogens is 270 g/mol. The topological polar surface area (TPSA) is 79.5 Å². The molecule has 0 fully saturated rings. The minimum atomic E-state index is -0.754. The zero-order valence-electron chi connectivity index (χ0n) is 12.1. The Labute approximate surface area is 124 Å². The van der Waals surface area contributed by atoms with Gasteiger partial charge in [0, 0.05) is 25.0 Å². The van der Waals surface area contributed by atoms with Crippen LogP contribution in [0, 0.1) is 0 Å². The van der Waals surface area contributed by atoms with Crippen molar-refractivity contribution in [3.63, 3.8) is 0 Å². The summed E-state index contributed by atoms with van der Waals surface area (Å²) in [5, 5.41) is 25.2. The fourth-order valence-corrected chi connectivity index (χ4v) is 1.89. The van der Waals surface area contributed by atoms with Gasteiger partial charge >= 0.3 is 0 Å². The second-order valence-corrected chi connectivity index (χ2v) is 4.67. The Balaban J connectivity index is 1.85. The lowest BCUT2D eigenvalue weighted by atomic mass is 10.3. The Morgan fingerprint density at radius 1 is 1.29 bits per heavy atom. The van der Waals surface area contributed by atoms with Crippen LogP contribution in [0.15, 0.2) is 36.5 Å². The van der Waals surface area contributed by atoms with Crippen LogP contribution in [-0.2, 0) is 13.2 Å². The highest BCUT2D eigenvalue weighted by atomic mass is 16.5. The highest BCUT2D eigenvalue weighted by molar-refractivity contribution is 5.46. The smallest absolute Gasteiger partial charge is 0.130 e. The zero-order valence-corrected chi connectivity index (χ0v) is 12.1. The van der Waals surface area contributed by atoms with Crippen molar-refractivity contribution in [3.8, 4) is 5.75 Å². The van der Waals surface area contributed by atoms with Gasteiger partial charge in [-0.3, -0.25) is 4.68 Å². The van der Waals surface area contributed by atoms with Crippen molar-refractivity contribution < 1.29 is 14.9 Å². The number of aliphatic hydroxyl groups excluding tert-OH is 2. The number of hydrogen-bond donors (Lipinski definition) is 3. The number of ether oxygens (including phenoxy) is 1. The van der Waals surface area contributed by atoms with Crippen LogP contribution in [0.1, 0.15) is 12.6 Å². The van der Waals surface area contributed by atoms with E-state index in [1.165, 1.54) is 0 Å². The predicted molar refractivity (Wildman–Crippen MR) is 80.3 cm³/mol. The molecule has 1 aromatic heterocycles. The van der Waals surface area contributed by atoms with E-state index in [0.29, 0.717) is 13.2 Å². The van der Waals surface area contributed by atoms with E-state index in [0.717, 1.165) is 23.7 Å². The second kappa shape index (κ2) is 7.66.